The highest BCUT2D eigenvalue weighted by Gasteiger charge is 2.44. The molecule has 0 spiro atoms. The maximum Gasteiger partial charge on any atom is 0.251 e. The first kappa shape index (κ1) is 26.5. The van der Waals surface area contributed by atoms with Gasteiger partial charge in [0.05, 0.1) is 30.7 Å². The fourth-order valence-electron chi connectivity index (χ4n) is 5.82. The highest BCUT2D eigenvalue weighted by molar-refractivity contribution is 6.00. The van der Waals surface area contributed by atoms with Crippen molar-refractivity contribution in [3.05, 3.63) is 101 Å². The number of ether oxygens (including phenoxy) is 1. The van der Waals surface area contributed by atoms with Crippen LogP contribution in [0.4, 0.5) is 0 Å². The van der Waals surface area contributed by atoms with Gasteiger partial charge in [0.25, 0.3) is 5.91 Å². The van der Waals surface area contributed by atoms with Gasteiger partial charge in [-0.3, -0.25) is 19.9 Å². The molecule has 2 amide bonds. The van der Waals surface area contributed by atoms with Crippen LogP contribution >= 0.6 is 0 Å². The van der Waals surface area contributed by atoms with Crippen LogP contribution in [0.2, 0.25) is 0 Å². The Bertz CT molecular complexity index is 1340. The van der Waals surface area contributed by atoms with Crippen LogP contribution in [0.1, 0.15) is 85.1 Å². The number of amides is 2. The predicted octanol–water partition coefficient (Wildman–Crippen LogP) is 5.84. The lowest BCUT2D eigenvalue weighted by molar-refractivity contribution is -0.133. The summed E-state index contributed by atoms with van der Waals surface area (Å²) in [7, 11) is 0. The molecule has 2 heterocycles. The molecule has 0 unspecified atom stereocenters. The minimum atomic E-state index is -0.607. The molecule has 7 heteroatoms. The Kier molecular flexibility index (Phi) is 7.68. The zero-order valence-corrected chi connectivity index (χ0v) is 22.6. The molecule has 3 aromatic carbocycles. The molecule has 3 N–H and O–H groups in total. The number of hydrogen-bond acceptors (Lipinski definition) is 4. The second-order valence-electron chi connectivity index (χ2n) is 10.3. The second-order valence-corrected chi connectivity index (χ2v) is 10.3. The highest BCUT2D eigenvalue weighted by atomic mass is 16.5. The number of fused-ring (bicyclic) bond motifs is 1. The number of guanidine groups is 1. The van der Waals surface area contributed by atoms with Crippen molar-refractivity contribution in [3.63, 3.8) is 0 Å². The molecule has 1 saturated heterocycles. The molecule has 2 aliphatic heterocycles. The van der Waals surface area contributed by atoms with Crippen molar-refractivity contribution in [1.82, 2.24) is 15.5 Å². The maximum absolute atomic E-state index is 13.7. The summed E-state index contributed by atoms with van der Waals surface area (Å²) in [6.45, 7) is 4.66. The van der Waals surface area contributed by atoms with Gasteiger partial charge in [0.15, 0.2) is 5.96 Å². The third-order valence-electron chi connectivity index (χ3n) is 7.92. The van der Waals surface area contributed by atoms with Crippen molar-refractivity contribution in [3.8, 4) is 5.75 Å². The third kappa shape index (κ3) is 5.26. The number of hydrogen-bond donors (Lipinski definition) is 3. The molecule has 3 atom stereocenters. The number of rotatable bonds is 8. The molecule has 7 nitrogen and oxygen atoms in total. The second kappa shape index (κ2) is 11.3. The van der Waals surface area contributed by atoms with Gasteiger partial charge in [-0.05, 0) is 42.2 Å². The molecule has 0 aliphatic carbocycles. The minimum Gasteiger partial charge on any atom is -0.493 e. The first-order valence-corrected chi connectivity index (χ1v) is 13.8. The first-order chi connectivity index (χ1) is 19.0. The van der Waals surface area contributed by atoms with Gasteiger partial charge < -0.3 is 15.4 Å². The summed E-state index contributed by atoms with van der Waals surface area (Å²) in [5, 5.41) is 15.5. The summed E-state index contributed by atoms with van der Waals surface area (Å²) < 4.78 is 5.74. The van der Waals surface area contributed by atoms with E-state index in [-0.39, 0.29) is 36.3 Å². The van der Waals surface area contributed by atoms with Gasteiger partial charge in [-0.15, -0.1) is 0 Å². The quantitative estimate of drug-likeness (QED) is 0.345. The molecule has 0 bridgehead atoms. The minimum absolute atomic E-state index is 0.0865. The number of para-hydroxylation sites is 1. The fourth-order valence-corrected chi connectivity index (χ4v) is 5.82. The largest absolute Gasteiger partial charge is 0.493 e. The zero-order chi connectivity index (χ0) is 27.4. The molecule has 3 aromatic rings. The SMILES string of the molecule is CCC[C@H](c1cccc(C(=O)N[C@H]2CCOc3ccccc32)c1)N1C(=N)N[C@](CC)(c2ccccc2)CC1=O. The normalized spacial score (nSPS) is 21.4. The summed E-state index contributed by atoms with van der Waals surface area (Å²) in [6, 6.07) is 24.7. The Morgan fingerprint density at radius 1 is 1.10 bits per heavy atom. The summed E-state index contributed by atoms with van der Waals surface area (Å²) in [6.07, 6.45) is 3.15. The van der Waals surface area contributed by atoms with Crippen LogP contribution in [-0.4, -0.2) is 29.3 Å². The molecular formula is C32H36N4O3. The van der Waals surface area contributed by atoms with Gasteiger partial charge in [-0.2, -0.15) is 0 Å². The first-order valence-electron chi connectivity index (χ1n) is 13.8. The number of benzene rings is 3. The lowest BCUT2D eigenvalue weighted by Gasteiger charge is -2.45. The van der Waals surface area contributed by atoms with Crippen LogP contribution in [0, 0.1) is 5.41 Å². The van der Waals surface area contributed by atoms with E-state index < -0.39 is 5.54 Å². The molecule has 2 aliphatic rings. The standard InChI is InChI=1S/C32H36N4O3/c1-3-11-27(36-29(37)21-32(4-2,35-31(36)33)24-14-6-5-7-15-24)22-12-10-13-23(20-22)30(38)34-26-18-19-39-28-17-9-8-16-25(26)28/h5-10,12-17,20,26-27H,3-4,11,18-19,21H2,1-2H3,(H2,33,35)(H,34,38)/t26-,27+,32-/m0/s1. The van der Waals surface area contributed by atoms with E-state index in [4.69, 9.17) is 10.1 Å². The Morgan fingerprint density at radius 2 is 1.87 bits per heavy atom. The van der Waals surface area contributed by atoms with Gasteiger partial charge in [0.1, 0.15) is 5.75 Å². The number of nitrogens with zero attached hydrogens (tertiary/aromatic N) is 1. The number of nitrogens with one attached hydrogen (secondary N) is 3. The van der Waals surface area contributed by atoms with E-state index in [2.05, 4.69) is 17.6 Å². The van der Waals surface area contributed by atoms with Crippen molar-refractivity contribution in [2.75, 3.05) is 6.61 Å². The Labute approximate surface area is 230 Å². The van der Waals surface area contributed by atoms with E-state index in [1.54, 1.807) is 11.0 Å². The van der Waals surface area contributed by atoms with E-state index in [1.165, 1.54) is 0 Å². The average Bonchev–Trinajstić information content (AvgIpc) is 2.97. The van der Waals surface area contributed by atoms with Crippen LogP contribution in [0.5, 0.6) is 5.75 Å². The van der Waals surface area contributed by atoms with Crippen molar-refractivity contribution in [2.24, 2.45) is 0 Å². The summed E-state index contributed by atoms with van der Waals surface area (Å²) >= 11 is 0. The van der Waals surface area contributed by atoms with Crippen LogP contribution in [0.3, 0.4) is 0 Å². The van der Waals surface area contributed by atoms with Gasteiger partial charge in [0.2, 0.25) is 5.91 Å². The lowest BCUT2D eigenvalue weighted by atomic mass is 9.81. The van der Waals surface area contributed by atoms with Gasteiger partial charge in [-0.25, -0.2) is 0 Å². The number of carbonyl (C=O) groups excluding carboxylic acids is 2. The number of carbonyl (C=O) groups is 2. The highest BCUT2D eigenvalue weighted by Crippen LogP contribution is 2.37. The van der Waals surface area contributed by atoms with Gasteiger partial charge in [0, 0.05) is 17.5 Å². The average molecular weight is 525 g/mol. The Hall–Kier alpha value is -4.13. The maximum atomic E-state index is 13.7. The topological polar surface area (TPSA) is 94.5 Å². The van der Waals surface area contributed by atoms with Crippen molar-refractivity contribution < 1.29 is 14.3 Å². The van der Waals surface area contributed by atoms with Crippen LogP contribution < -0.4 is 15.4 Å². The van der Waals surface area contributed by atoms with E-state index in [1.807, 2.05) is 79.7 Å². The fraction of sp³-hybridized carbons (Fsp3) is 0.344. The van der Waals surface area contributed by atoms with Crippen molar-refractivity contribution >= 4 is 17.8 Å². The van der Waals surface area contributed by atoms with Crippen LogP contribution in [0.15, 0.2) is 78.9 Å². The Morgan fingerprint density at radius 3 is 2.62 bits per heavy atom. The van der Waals surface area contributed by atoms with E-state index >= 15 is 0 Å². The van der Waals surface area contributed by atoms with Crippen molar-refractivity contribution in [2.45, 2.75) is 63.6 Å². The smallest absolute Gasteiger partial charge is 0.251 e. The van der Waals surface area contributed by atoms with Crippen LogP contribution in [0.25, 0.3) is 0 Å². The predicted molar refractivity (Wildman–Crippen MR) is 152 cm³/mol. The van der Waals surface area contributed by atoms with Crippen LogP contribution in [-0.2, 0) is 10.3 Å². The summed E-state index contributed by atoms with van der Waals surface area (Å²) in [4.78, 5) is 28.6. The molecule has 0 saturated carbocycles. The Balaban J connectivity index is 1.38. The van der Waals surface area contributed by atoms with Gasteiger partial charge in [-0.1, -0.05) is 80.9 Å². The molecular weight excluding hydrogens is 488 g/mol. The molecule has 5 rings (SSSR count). The molecule has 1 fully saturated rings. The lowest BCUT2D eigenvalue weighted by Crippen LogP contribution is -2.61. The molecule has 202 valence electrons. The zero-order valence-electron chi connectivity index (χ0n) is 22.6. The summed E-state index contributed by atoms with van der Waals surface area (Å²) in [5.41, 5.74) is 2.76. The molecule has 39 heavy (non-hydrogen) atoms. The molecule has 0 radical (unpaired) electrons. The third-order valence-corrected chi connectivity index (χ3v) is 7.92. The molecule has 0 aromatic heterocycles. The van der Waals surface area contributed by atoms with E-state index in [9.17, 15) is 9.59 Å². The summed E-state index contributed by atoms with van der Waals surface area (Å²) in [5.74, 6) is 0.654. The van der Waals surface area contributed by atoms with Crippen molar-refractivity contribution in [1.29, 1.82) is 5.41 Å². The monoisotopic (exact) mass is 524 g/mol. The van der Waals surface area contributed by atoms with E-state index in [0.29, 0.717) is 31.4 Å². The van der Waals surface area contributed by atoms with Gasteiger partial charge >= 0.3 is 0 Å². The van der Waals surface area contributed by atoms with E-state index in [0.717, 1.165) is 28.9 Å².